The summed E-state index contributed by atoms with van der Waals surface area (Å²) in [7, 11) is 1.78. The van der Waals surface area contributed by atoms with Crippen molar-refractivity contribution in [3.05, 3.63) is 52.6 Å². The summed E-state index contributed by atoms with van der Waals surface area (Å²) < 4.78 is 10.7. The van der Waals surface area contributed by atoms with Crippen LogP contribution in [-0.2, 0) is 6.54 Å². The first-order chi connectivity index (χ1) is 10.5. The maximum absolute atomic E-state index is 12.6. The van der Waals surface area contributed by atoms with Gasteiger partial charge in [-0.1, -0.05) is 5.16 Å². The fourth-order valence-electron chi connectivity index (χ4n) is 2.57. The van der Waals surface area contributed by atoms with Crippen molar-refractivity contribution in [1.82, 2.24) is 10.1 Å². The number of carbonyl (C=O) groups excluding carboxylic acids is 1. The summed E-state index contributed by atoms with van der Waals surface area (Å²) in [6.45, 7) is 6.10. The number of fused-ring (bicyclic) bond motifs is 1. The lowest BCUT2D eigenvalue weighted by atomic mass is 10.1. The van der Waals surface area contributed by atoms with Gasteiger partial charge in [0, 0.05) is 23.6 Å². The number of benzene rings is 1. The van der Waals surface area contributed by atoms with Crippen molar-refractivity contribution in [3.63, 3.8) is 0 Å². The minimum Gasteiger partial charge on any atom is -0.461 e. The first-order valence-corrected chi connectivity index (χ1v) is 7.13. The molecule has 3 rings (SSSR count). The molecule has 2 aromatic heterocycles. The molecule has 0 bridgehead atoms. The standard InChI is InChI=1S/C17H18N2O3/c1-10-7-14-8-13(5-6-16(14)21-10)17(20)19(4)9-15-11(2)18-22-12(15)3/h5-8H,9H2,1-4H3. The van der Waals surface area contributed by atoms with Crippen molar-refractivity contribution in [1.29, 1.82) is 0 Å². The molecule has 0 aliphatic rings. The molecule has 1 aromatic carbocycles. The van der Waals surface area contributed by atoms with Crippen LogP contribution in [0.1, 0.15) is 33.1 Å². The molecule has 2 heterocycles. The second-order valence-electron chi connectivity index (χ2n) is 5.57. The predicted molar refractivity (Wildman–Crippen MR) is 82.7 cm³/mol. The third kappa shape index (κ3) is 2.50. The molecule has 0 saturated heterocycles. The molecule has 5 heteroatoms. The zero-order chi connectivity index (χ0) is 15.9. The molecular weight excluding hydrogens is 280 g/mol. The number of carbonyl (C=O) groups is 1. The van der Waals surface area contributed by atoms with Crippen molar-refractivity contribution in [2.24, 2.45) is 0 Å². The Morgan fingerprint density at radius 1 is 1.23 bits per heavy atom. The summed E-state index contributed by atoms with van der Waals surface area (Å²) in [4.78, 5) is 14.3. The summed E-state index contributed by atoms with van der Waals surface area (Å²) in [6.07, 6.45) is 0. The van der Waals surface area contributed by atoms with Crippen LogP contribution in [0, 0.1) is 20.8 Å². The van der Waals surface area contributed by atoms with Gasteiger partial charge in [0.15, 0.2) is 0 Å². The van der Waals surface area contributed by atoms with Crippen LogP contribution in [0.3, 0.4) is 0 Å². The number of hydrogen-bond donors (Lipinski definition) is 0. The van der Waals surface area contributed by atoms with Crippen molar-refractivity contribution in [2.45, 2.75) is 27.3 Å². The number of nitrogens with zero attached hydrogens (tertiary/aromatic N) is 2. The van der Waals surface area contributed by atoms with Crippen LogP contribution in [-0.4, -0.2) is 23.0 Å². The van der Waals surface area contributed by atoms with E-state index in [9.17, 15) is 4.79 Å². The molecule has 0 radical (unpaired) electrons. The molecule has 1 amide bonds. The van der Waals surface area contributed by atoms with Gasteiger partial charge in [0.2, 0.25) is 0 Å². The van der Waals surface area contributed by atoms with Gasteiger partial charge in [-0.05, 0) is 45.0 Å². The van der Waals surface area contributed by atoms with Crippen LogP contribution >= 0.6 is 0 Å². The van der Waals surface area contributed by atoms with Crippen LogP contribution in [0.25, 0.3) is 11.0 Å². The average Bonchev–Trinajstić information content (AvgIpc) is 3.01. The monoisotopic (exact) mass is 298 g/mol. The van der Waals surface area contributed by atoms with E-state index >= 15 is 0 Å². The van der Waals surface area contributed by atoms with E-state index in [1.54, 1.807) is 18.0 Å². The lowest BCUT2D eigenvalue weighted by Crippen LogP contribution is -2.26. The normalized spacial score (nSPS) is 11.1. The van der Waals surface area contributed by atoms with E-state index in [0.717, 1.165) is 33.7 Å². The van der Waals surface area contributed by atoms with E-state index in [-0.39, 0.29) is 5.91 Å². The Morgan fingerprint density at radius 2 is 2.00 bits per heavy atom. The maximum Gasteiger partial charge on any atom is 0.253 e. The van der Waals surface area contributed by atoms with E-state index in [4.69, 9.17) is 8.94 Å². The van der Waals surface area contributed by atoms with Gasteiger partial charge in [-0.25, -0.2) is 0 Å². The number of aromatic nitrogens is 1. The summed E-state index contributed by atoms with van der Waals surface area (Å²) in [6, 6.07) is 7.41. The highest BCUT2D eigenvalue weighted by atomic mass is 16.5. The largest absolute Gasteiger partial charge is 0.461 e. The highest BCUT2D eigenvalue weighted by Gasteiger charge is 2.17. The third-order valence-corrected chi connectivity index (χ3v) is 3.81. The van der Waals surface area contributed by atoms with Crippen LogP contribution < -0.4 is 0 Å². The Balaban J connectivity index is 1.85. The van der Waals surface area contributed by atoms with Gasteiger partial charge in [-0.15, -0.1) is 0 Å². The quantitative estimate of drug-likeness (QED) is 0.741. The van der Waals surface area contributed by atoms with Gasteiger partial charge in [0.1, 0.15) is 17.1 Å². The van der Waals surface area contributed by atoms with Crippen molar-refractivity contribution < 1.29 is 13.7 Å². The molecule has 0 fully saturated rings. The van der Waals surface area contributed by atoms with Crippen molar-refractivity contribution in [2.75, 3.05) is 7.05 Å². The molecule has 0 aliphatic carbocycles. The number of rotatable bonds is 3. The van der Waals surface area contributed by atoms with Gasteiger partial charge in [0.05, 0.1) is 12.2 Å². The Kier molecular flexibility index (Phi) is 3.48. The molecule has 0 saturated carbocycles. The van der Waals surface area contributed by atoms with Gasteiger partial charge in [-0.3, -0.25) is 4.79 Å². The first-order valence-electron chi connectivity index (χ1n) is 7.13. The van der Waals surface area contributed by atoms with E-state index in [1.807, 2.05) is 39.0 Å². The van der Waals surface area contributed by atoms with E-state index < -0.39 is 0 Å². The second kappa shape index (κ2) is 5.33. The molecule has 0 N–H and O–H groups in total. The Morgan fingerprint density at radius 3 is 2.68 bits per heavy atom. The van der Waals surface area contributed by atoms with Gasteiger partial charge >= 0.3 is 0 Å². The van der Waals surface area contributed by atoms with E-state index in [2.05, 4.69) is 5.16 Å². The molecule has 5 nitrogen and oxygen atoms in total. The lowest BCUT2D eigenvalue weighted by Gasteiger charge is -2.17. The Hall–Kier alpha value is -2.56. The number of aryl methyl sites for hydroxylation is 3. The molecule has 22 heavy (non-hydrogen) atoms. The summed E-state index contributed by atoms with van der Waals surface area (Å²) in [5.74, 6) is 1.54. The zero-order valence-electron chi connectivity index (χ0n) is 13.1. The van der Waals surface area contributed by atoms with E-state index in [1.165, 1.54) is 0 Å². The van der Waals surface area contributed by atoms with Crippen LogP contribution in [0.4, 0.5) is 0 Å². The average molecular weight is 298 g/mol. The van der Waals surface area contributed by atoms with Gasteiger partial charge < -0.3 is 13.8 Å². The SMILES string of the molecule is Cc1cc2cc(C(=O)N(C)Cc3c(C)noc3C)ccc2o1. The predicted octanol–water partition coefficient (Wildman–Crippen LogP) is 3.62. The smallest absolute Gasteiger partial charge is 0.253 e. The van der Waals surface area contributed by atoms with Crippen LogP contribution in [0.15, 0.2) is 33.2 Å². The van der Waals surface area contributed by atoms with Gasteiger partial charge in [0.25, 0.3) is 5.91 Å². The Bertz CT molecular complexity index is 825. The fraction of sp³-hybridized carbons (Fsp3) is 0.294. The molecule has 0 spiro atoms. The molecule has 114 valence electrons. The fourth-order valence-corrected chi connectivity index (χ4v) is 2.57. The molecular formula is C17H18N2O3. The summed E-state index contributed by atoms with van der Waals surface area (Å²) in [5.41, 5.74) is 3.21. The molecule has 0 atom stereocenters. The number of amides is 1. The van der Waals surface area contributed by atoms with E-state index in [0.29, 0.717) is 12.1 Å². The Labute approximate surface area is 128 Å². The zero-order valence-corrected chi connectivity index (χ0v) is 13.1. The highest BCUT2D eigenvalue weighted by Crippen LogP contribution is 2.22. The first kappa shape index (κ1) is 14.4. The number of furan rings is 1. The topological polar surface area (TPSA) is 59.5 Å². The van der Waals surface area contributed by atoms with Crippen molar-refractivity contribution >= 4 is 16.9 Å². The minimum atomic E-state index is -0.0410. The summed E-state index contributed by atoms with van der Waals surface area (Å²) in [5, 5.41) is 4.86. The van der Waals surface area contributed by atoms with Crippen LogP contribution in [0.5, 0.6) is 0 Å². The maximum atomic E-state index is 12.6. The lowest BCUT2D eigenvalue weighted by molar-refractivity contribution is 0.0784. The molecule has 0 aliphatic heterocycles. The third-order valence-electron chi connectivity index (χ3n) is 3.81. The highest BCUT2D eigenvalue weighted by molar-refractivity contribution is 5.97. The summed E-state index contributed by atoms with van der Waals surface area (Å²) >= 11 is 0. The second-order valence-corrected chi connectivity index (χ2v) is 5.57. The van der Waals surface area contributed by atoms with Gasteiger partial charge in [-0.2, -0.15) is 0 Å². The molecule has 3 aromatic rings. The number of hydrogen-bond acceptors (Lipinski definition) is 4. The molecule has 0 unspecified atom stereocenters. The van der Waals surface area contributed by atoms with Crippen LogP contribution in [0.2, 0.25) is 0 Å². The van der Waals surface area contributed by atoms with Crippen molar-refractivity contribution in [3.8, 4) is 0 Å². The minimum absolute atomic E-state index is 0.0410.